The maximum atomic E-state index is 14.0. The van der Waals surface area contributed by atoms with Crippen LogP contribution < -0.4 is 10.1 Å². The summed E-state index contributed by atoms with van der Waals surface area (Å²) in [6.45, 7) is 3.50. The van der Waals surface area contributed by atoms with Crippen molar-refractivity contribution >= 4 is 22.5 Å². The molecule has 5 nitrogen and oxygen atoms in total. The second-order valence-electron chi connectivity index (χ2n) is 7.35. The van der Waals surface area contributed by atoms with E-state index >= 15 is 0 Å². The van der Waals surface area contributed by atoms with Crippen LogP contribution in [0.4, 0.5) is 10.1 Å². The summed E-state index contributed by atoms with van der Waals surface area (Å²) in [4.78, 5) is 19.4. The van der Waals surface area contributed by atoms with Crippen molar-refractivity contribution in [2.75, 3.05) is 25.5 Å². The molecule has 1 aliphatic heterocycles. The number of carbonyl (C=O) groups excluding carboxylic acids is 1. The van der Waals surface area contributed by atoms with Gasteiger partial charge in [-0.3, -0.25) is 9.78 Å². The molecule has 6 heteroatoms. The first-order valence-corrected chi connectivity index (χ1v) is 9.85. The molecule has 2 aromatic carbocycles. The second kappa shape index (κ2) is 8.07. The number of aromatic nitrogens is 1. The van der Waals surface area contributed by atoms with Crippen molar-refractivity contribution in [1.29, 1.82) is 0 Å². The quantitative estimate of drug-likeness (QED) is 0.677. The molecule has 1 aliphatic rings. The zero-order valence-corrected chi connectivity index (χ0v) is 16.6. The Morgan fingerprint density at radius 3 is 2.59 bits per heavy atom. The van der Waals surface area contributed by atoms with Crippen LogP contribution in [0.3, 0.4) is 0 Å². The Morgan fingerprint density at radius 1 is 1.17 bits per heavy atom. The Hall–Kier alpha value is -3.15. The second-order valence-corrected chi connectivity index (χ2v) is 7.35. The van der Waals surface area contributed by atoms with Crippen LogP contribution in [0.2, 0.25) is 0 Å². The number of rotatable bonds is 5. The normalized spacial score (nSPS) is 14.8. The molecule has 1 saturated heterocycles. The molecule has 3 aromatic rings. The lowest BCUT2D eigenvalue weighted by Crippen LogP contribution is -2.28. The van der Waals surface area contributed by atoms with Gasteiger partial charge in [0.2, 0.25) is 0 Å². The maximum Gasteiger partial charge on any atom is 0.257 e. The van der Waals surface area contributed by atoms with Gasteiger partial charge in [0.25, 0.3) is 5.91 Å². The number of nitrogens with zero attached hydrogens (tertiary/aromatic N) is 2. The van der Waals surface area contributed by atoms with Crippen molar-refractivity contribution in [3.05, 3.63) is 65.6 Å². The van der Waals surface area contributed by atoms with Gasteiger partial charge in [-0.25, -0.2) is 4.39 Å². The summed E-state index contributed by atoms with van der Waals surface area (Å²) >= 11 is 0. The van der Waals surface area contributed by atoms with E-state index in [9.17, 15) is 9.18 Å². The number of benzene rings is 2. The molecule has 0 saturated carbocycles. The monoisotopic (exact) mass is 393 g/mol. The van der Waals surface area contributed by atoms with Crippen LogP contribution in [-0.2, 0) is 0 Å². The highest BCUT2D eigenvalue weighted by molar-refractivity contribution is 6.07. The Morgan fingerprint density at radius 2 is 1.90 bits per heavy atom. The highest BCUT2D eigenvalue weighted by Gasteiger charge is 2.24. The van der Waals surface area contributed by atoms with E-state index in [0.29, 0.717) is 22.2 Å². The van der Waals surface area contributed by atoms with Crippen LogP contribution in [-0.4, -0.2) is 36.0 Å². The summed E-state index contributed by atoms with van der Waals surface area (Å²) in [5, 5.41) is 4.05. The number of amides is 1. The molecule has 2 heterocycles. The summed E-state index contributed by atoms with van der Waals surface area (Å²) in [7, 11) is 1.63. The number of halogens is 1. The van der Waals surface area contributed by atoms with Crippen molar-refractivity contribution in [3.8, 4) is 5.75 Å². The van der Waals surface area contributed by atoms with Gasteiger partial charge in [0, 0.05) is 30.7 Å². The molecule has 1 atom stereocenters. The van der Waals surface area contributed by atoms with E-state index in [0.717, 1.165) is 37.2 Å². The lowest BCUT2D eigenvalue weighted by Gasteiger charge is -2.22. The number of methoxy groups -OCH3 is 1. The molecule has 1 amide bonds. The molecule has 0 aliphatic carbocycles. The molecule has 0 radical (unpaired) electrons. The minimum absolute atomic E-state index is 0.0643. The zero-order chi connectivity index (χ0) is 20.4. The van der Waals surface area contributed by atoms with E-state index in [2.05, 4.69) is 10.3 Å². The molecule has 4 rings (SSSR count). The summed E-state index contributed by atoms with van der Waals surface area (Å²) in [5.74, 6) is 0.359. The standard InChI is InChI=1S/C23H24FN3O2/c1-15(16-5-8-18(29-2)9-6-16)26-22-19-13-17(24)7-10-21(19)25-14-20(22)23(28)27-11-3-4-12-27/h5-10,13-15H,3-4,11-12H2,1-2H3,(H,25,26). The van der Waals surface area contributed by atoms with E-state index in [4.69, 9.17) is 4.74 Å². The average Bonchev–Trinajstić information content (AvgIpc) is 3.28. The van der Waals surface area contributed by atoms with Gasteiger partial charge in [-0.05, 0) is 55.7 Å². The summed E-state index contributed by atoms with van der Waals surface area (Å²) in [5.41, 5.74) is 2.78. The predicted octanol–water partition coefficient (Wildman–Crippen LogP) is 4.79. The summed E-state index contributed by atoms with van der Waals surface area (Å²) in [6.07, 6.45) is 3.61. The van der Waals surface area contributed by atoms with Crippen molar-refractivity contribution in [2.45, 2.75) is 25.8 Å². The fraction of sp³-hybridized carbons (Fsp3) is 0.304. The number of ether oxygens (including phenoxy) is 1. The Bertz CT molecular complexity index is 1030. The Kier molecular flexibility index (Phi) is 5.34. The van der Waals surface area contributed by atoms with Gasteiger partial charge in [-0.15, -0.1) is 0 Å². The van der Waals surface area contributed by atoms with Gasteiger partial charge < -0.3 is 15.0 Å². The zero-order valence-electron chi connectivity index (χ0n) is 16.6. The highest BCUT2D eigenvalue weighted by Crippen LogP contribution is 2.32. The number of carbonyl (C=O) groups is 1. The topological polar surface area (TPSA) is 54.5 Å². The Balaban J connectivity index is 1.75. The summed E-state index contributed by atoms with van der Waals surface area (Å²) < 4.78 is 19.3. The van der Waals surface area contributed by atoms with Crippen LogP contribution in [0.15, 0.2) is 48.7 Å². The smallest absolute Gasteiger partial charge is 0.257 e. The number of hydrogen-bond acceptors (Lipinski definition) is 4. The molecular weight excluding hydrogens is 369 g/mol. The molecule has 1 unspecified atom stereocenters. The van der Waals surface area contributed by atoms with Gasteiger partial charge in [-0.2, -0.15) is 0 Å². The first-order chi connectivity index (χ1) is 14.1. The predicted molar refractivity (Wildman–Crippen MR) is 112 cm³/mol. The lowest BCUT2D eigenvalue weighted by molar-refractivity contribution is 0.0793. The first kappa shape index (κ1) is 19.2. The van der Waals surface area contributed by atoms with Crippen molar-refractivity contribution in [2.24, 2.45) is 0 Å². The maximum absolute atomic E-state index is 14.0. The van der Waals surface area contributed by atoms with Gasteiger partial charge in [0.05, 0.1) is 23.9 Å². The number of nitrogens with one attached hydrogen (secondary N) is 1. The van der Waals surface area contributed by atoms with E-state index in [1.54, 1.807) is 19.4 Å². The molecule has 0 bridgehead atoms. The van der Waals surface area contributed by atoms with E-state index in [1.165, 1.54) is 12.1 Å². The van der Waals surface area contributed by atoms with Crippen molar-refractivity contribution in [3.63, 3.8) is 0 Å². The summed E-state index contributed by atoms with van der Waals surface area (Å²) in [6, 6.07) is 12.1. The lowest BCUT2D eigenvalue weighted by atomic mass is 10.0. The van der Waals surface area contributed by atoms with Crippen LogP contribution in [0.1, 0.15) is 41.7 Å². The van der Waals surface area contributed by atoms with Crippen molar-refractivity contribution < 1.29 is 13.9 Å². The molecule has 29 heavy (non-hydrogen) atoms. The SMILES string of the molecule is COc1ccc(C(C)Nc2c(C(=O)N3CCCC3)cnc3ccc(F)cc23)cc1. The average molecular weight is 393 g/mol. The molecule has 1 fully saturated rings. The van der Waals surface area contributed by atoms with E-state index < -0.39 is 0 Å². The molecule has 1 N–H and O–H groups in total. The number of pyridine rings is 1. The molecule has 0 spiro atoms. The third-order valence-electron chi connectivity index (χ3n) is 5.43. The fourth-order valence-electron chi connectivity index (χ4n) is 3.77. The third kappa shape index (κ3) is 3.88. The number of hydrogen-bond donors (Lipinski definition) is 1. The third-order valence-corrected chi connectivity index (χ3v) is 5.43. The van der Waals surface area contributed by atoms with Crippen molar-refractivity contribution in [1.82, 2.24) is 9.88 Å². The first-order valence-electron chi connectivity index (χ1n) is 9.85. The largest absolute Gasteiger partial charge is 0.497 e. The molecule has 150 valence electrons. The van der Waals surface area contributed by atoms with Crippen LogP contribution in [0.5, 0.6) is 5.75 Å². The van der Waals surface area contributed by atoms with Crippen LogP contribution in [0.25, 0.3) is 10.9 Å². The highest BCUT2D eigenvalue weighted by atomic mass is 19.1. The van der Waals surface area contributed by atoms with Gasteiger partial charge in [-0.1, -0.05) is 12.1 Å². The molecule has 1 aromatic heterocycles. The van der Waals surface area contributed by atoms with Gasteiger partial charge in [0.15, 0.2) is 0 Å². The fourth-order valence-corrected chi connectivity index (χ4v) is 3.77. The number of anilines is 1. The Labute approximate surface area is 169 Å². The van der Waals surface area contributed by atoms with Gasteiger partial charge in [0.1, 0.15) is 11.6 Å². The number of likely N-dealkylation sites (tertiary alicyclic amines) is 1. The molecular formula is C23H24FN3O2. The van der Waals surface area contributed by atoms with E-state index in [-0.39, 0.29) is 17.8 Å². The van der Waals surface area contributed by atoms with Crippen LogP contribution in [0, 0.1) is 5.82 Å². The van der Waals surface area contributed by atoms with Gasteiger partial charge >= 0.3 is 0 Å². The number of fused-ring (bicyclic) bond motifs is 1. The van der Waals surface area contributed by atoms with E-state index in [1.807, 2.05) is 36.1 Å². The minimum atomic E-state index is -0.356. The van der Waals surface area contributed by atoms with Crippen LogP contribution >= 0.6 is 0 Å². The minimum Gasteiger partial charge on any atom is -0.497 e.